The molecule has 28 heavy (non-hydrogen) atoms. The summed E-state index contributed by atoms with van der Waals surface area (Å²) in [6.45, 7) is 3.46. The second-order valence-electron chi connectivity index (χ2n) is 6.96. The molecule has 1 aromatic carbocycles. The average molecular weight is 402 g/mol. The van der Waals surface area contributed by atoms with E-state index in [9.17, 15) is 19.7 Å². The molecule has 3 rings (SSSR count). The third-order valence-electron chi connectivity index (χ3n) is 5.00. The van der Waals surface area contributed by atoms with Crippen LogP contribution in [0.4, 0.5) is 11.4 Å². The van der Waals surface area contributed by atoms with Crippen LogP contribution in [0.1, 0.15) is 45.4 Å². The van der Waals surface area contributed by atoms with Gasteiger partial charge in [0.25, 0.3) is 11.6 Å². The molecule has 1 aromatic heterocycles. The maximum absolute atomic E-state index is 12.3. The van der Waals surface area contributed by atoms with E-state index < -0.39 is 23.4 Å². The Labute approximate surface area is 166 Å². The van der Waals surface area contributed by atoms with Gasteiger partial charge in [-0.15, -0.1) is 11.3 Å². The lowest BCUT2D eigenvalue weighted by atomic mass is 9.87. The molecule has 0 bridgehead atoms. The fraction of sp³-hybridized carbons (Fsp3) is 0.400. The van der Waals surface area contributed by atoms with E-state index in [4.69, 9.17) is 4.74 Å². The lowest BCUT2D eigenvalue weighted by Crippen LogP contribution is -2.21. The van der Waals surface area contributed by atoms with E-state index in [1.165, 1.54) is 33.9 Å². The Morgan fingerprint density at radius 3 is 2.86 bits per heavy atom. The largest absolute Gasteiger partial charge is 0.451 e. The molecule has 0 saturated carbocycles. The van der Waals surface area contributed by atoms with Crippen molar-refractivity contribution in [3.8, 4) is 0 Å². The van der Waals surface area contributed by atoms with E-state index in [2.05, 4.69) is 12.2 Å². The van der Waals surface area contributed by atoms with Gasteiger partial charge in [-0.1, -0.05) is 19.4 Å². The predicted molar refractivity (Wildman–Crippen MR) is 107 cm³/mol. The van der Waals surface area contributed by atoms with Crippen molar-refractivity contribution in [3.63, 3.8) is 0 Å². The fourth-order valence-corrected chi connectivity index (χ4v) is 4.40. The summed E-state index contributed by atoms with van der Waals surface area (Å²) in [6, 6.07) is 6.09. The summed E-state index contributed by atoms with van der Waals surface area (Å²) in [7, 11) is 0. The second-order valence-corrected chi connectivity index (χ2v) is 8.09. The van der Waals surface area contributed by atoms with Crippen LogP contribution in [0.2, 0.25) is 0 Å². The highest BCUT2D eigenvalue weighted by atomic mass is 32.1. The Hall–Kier alpha value is -2.74. The van der Waals surface area contributed by atoms with E-state index in [-0.39, 0.29) is 5.69 Å². The molecule has 1 aliphatic rings. The van der Waals surface area contributed by atoms with Crippen LogP contribution in [0, 0.1) is 23.0 Å². The van der Waals surface area contributed by atoms with Gasteiger partial charge in [-0.2, -0.15) is 0 Å². The Morgan fingerprint density at radius 1 is 1.36 bits per heavy atom. The van der Waals surface area contributed by atoms with Gasteiger partial charge in [0.2, 0.25) is 0 Å². The smallest absolute Gasteiger partial charge is 0.348 e. The number of hydrogen-bond donors (Lipinski definition) is 1. The number of nitrogens with zero attached hydrogens (tertiary/aromatic N) is 1. The molecule has 2 aromatic rings. The third kappa shape index (κ3) is 4.56. The van der Waals surface area contributed by atoms with Crippen molar-refractivity contribution in [2.45, 2.75) is 39.5 Å². The van der Waals surface area contributed by atoms with E-state index >= 15 is 0 Å². The second kappa shape index (κ2) is 8.52. The van der Waals surface area contributed by atoms with Crippen molar-refractivity contribution >= 4 is 34.6 Å². The van der Waals surface area contributed by atoms with E-state index in [0.29, 0.717) is 22.0 Å². The highest BCUT2D eigenvalue weighted by Crippen LogP contribution is 2.33. The number of fused-ring (bicyclic) bond motifs is 1. The quantitative estimate of drug-likeness (QED) is 0.442. The van der Waals surface area contributed by atoms with Crippen LogP contribution >= 0.6 is 11.3 Å². The number of hydrogen-bond acceptors (Lipinski definition) is 6. The molecule has 1 N–H and O–H groups in total. The average Bonchev–Trinajstić information content (AvgIpc) is 3.10. The summed E-state index contributed by atoms with van der Waals surface area (Å²) in [6.07, 6.45) is 4.25. The number of anilines is 1. The third-order valence-corrected chi connectivity index (χ3v) is 6.22. The molecule has 1 atom stereocenters. The van der Waals surface area contributed by atoms with Crippen molar-refractivity contribution in [3.05, 3.63) is 55.3 Å². The fourth-order valence-electron chi connectivity index (χ4n) is 3.29. The van der Waals surface area contributed by atoms with Gasteiger partial charge in [-0.3, -0.25) is 14.9 Å². The van der Waals surface area contributed by atoms with E-state index in [0.717, 1.165) is 25.7 Å². The summed E-state index contributed by atoms with van der Waals surface area (Å²) in [5.41, 5.74) is 2.10. The molecule has 0 spiro atoms. The Bertz CT molecular complexity index is 921. The summed E-state index contributed by atoms with van der Waals surface area (Å²) < 4.78 is 5.14. The van der Waals surface area contributed by atoms with Crippen molar-refractivity contribution in [2.24, 2.45) is 5.92 Å². The Balaban J connectivity index is 1.58. The standard InChI is InChI=1S/C20H22N2O5S/c1-3-13-5-7-17-14(8-13)9-18(28-17)20(24)27-11-19(23)21-16-10-15(22(25)26)6-4-12(16)2/h4,6,9-10,13H,3,5,7-8,11H2,1-2H3,(H,21,23)/t13-/m0/s1. The van der Waals surface area contributed by atoms with Crippen LogP contribution < -0.4 is 5.32 Å². The number of ether oxygens (including phenoxy) is 1. The number of nitrogens with one attached hydrogen (secondary N) is 1. The number of carbonyl (C=O) groups is 2. The topological polar surface area (TPSA) is 98.5 Å². The van der Waals surface area contributed by atoms with E-state index in [1.54, 1.807) is 13.0 Å². The molecular formula is C20H22N2O5S. The zero-order valence-electron chi connectivity index (χ0n) is 15.8. The van der Waals surface area contributed by atoms with Gasteiger partial charge in [0.15, 0.2) is 6.61 Å². The highest BCUT2D eigenvalue weighted by molar-refractivity contribution is 7.14. The van der Waals surface area contributed by atoms with Crippen LogP contribution in [0.25, 0.3) is 0 Å². The number of nitro benzene ring substituents is 1. The summed E-state index contributed by atoms with van der Waals surface area (Å²) >= 11 is 1.44. The first kappa shape index (κ1) is 20.0. The van der Waals surface area contributed by atoms with Gasteiger partial charge in [0, 0.05) is 17.0 Å². The van der Waals surface area contributed by atoms with Crippen LogP contribution in [-0.4, -0.2) is 23.4 Å². The number of esters is 1. The number of thiophene rings is 1. The lowest BCUT2D eigenvalue weighted by Gasteiger charge is -2.19. The van der Waals surface area contributed by atoms with Crippen LogP contribution in [0.15, 0.2) is 24.3 Å². The van der Waals surface area contributed by atoms with Gasteiger partial charge in [-0.25, -0.2) is 4.79 Å². The van der Waals surface area contributed by atoms with Crippen molar-refractivity contribution in [1.29, 1.82) is 0 Å². The number of amides is 1. The molecule has 1 heterocycles. The van der Waals surface area contributed by atoms with Gasteiger partial charge in [0.1, 0.15) is 4.88 Å². The van der Waals surface area contributed by atoms with Gasteiger partial charge < -0.3 is 10.1 Å². The normalized spacial score (nSPS) is 15.6. The number of carbonyl (C=O) groups excluding carboxylic acids is 2. The van der Waals surface area contributed by atoms with Crippen molar-refractivity contribution in [1.82, 2.24) is 0 Å². The molecule has 148 valence electrons. The van der Waals surface area contributed by atoms with Crippen LogP contribution in [0.5, 0.6) is 0 Å². The molecule has 0 aliphatic heterocycles. The maximum Gasteiger partial charge on any atom is 0.348 e. The molecule has 0 radical (unpaired) electrons. The summed E-state index contributed by atoms with van der Waals surface area (Å²) in [5.74, 6) is -0.391. The first-order chi connectivity index (χ1) is 13.4. The predicted octanol–water partition coefficient (Wildman–Crippen LogP) is 4.28. The van der Waals surface area contributed by atoms with Gasteiger partial charge >= 0.3 is 5.97 Å². The zero-order chi connectivity index (χ0) is 20.3. The molecule has 1 aliphatic carbocycles. The van der Waals surface area contributed by atoms with Crippen molar-refractivity contribution in [2.75, 3.05) is 11.9 Å². The lowest BCUT2D eigenvalue weighted by molar-refractivity contribution is -0.384. The minimum atomic E-state index is -0.538. The first-order valence-electron chi connectivity index (χ1n) is 9.21. The van der Waals surface area contributed by atoms with Gasteiger partial charge in [0.05, 0.1) is 10.6 Å². The molecular weight excluding hydrogens is 380 g/mol. The molecule has 0 unspecified atom stereocenters. The SMILES string of the molecule is CC[C@H]1CCc2sc(C(=O)OCC(=O)Nc3cc([N+](=O)[O-])ccc3C)cc2C1. The number of benzene rings is 1. The van der Waals surface area contributed by atoms with E-state index in [1.807, 2.05) is 6.07 Å². The van der Waals surface area contributed by atoms with Crippen LogP contribution in [-0.2, 0) is 22.4 Å². The molecule has 0 saturated heterocycles. The first-order valence-corrected chi connectivity index (χ1v) is 10.0. The van der Waals surface area contributed by atoms with Crippen LogP contribution in [0.3, 0.4) is 0 Å². The zero-order valence-corrected chi connectivity index (χ0v) is 16.6. The Morgan fingerprint density at radius 2 is 2.14 bits per heavy atom. The minimum Gasteiger partial charge on any atom is -0.451 e. The summed E-state index contributed by atoms with van der Waals surface area (Å²) in [4.78, 5) is 36.5. The monoisotopic (exact) mass is 402 g/mol. The van der Waals surface area contributed by atoms with Gasteiger partial charge in [-0.05, 0) is 49.3 Å². The molecule has 7 nitrogen and oxygen atoms in total. The minimum absolute atomic E-state index is 0.118. The maximum atomic E-state index is 12.3. The Kier molecular flexibility index (Phi) is 6.08. The van der Waals surface area contributed by atoms with Crippen molar-refractivity contribution < 1.29 is 19.2 Å². The molecule has 0 fully saturated rings. The molecule has 1 amide bonds. The molecule has 8 heteroatoms. The number of aryl methyl sites for hydroxylation is 2. The number of nitro groups is 1. The highest BCUT2D eigenvalue weighted by Gasteiger charge is 2.23. The summed E-state index contributed by atoms with van der Waals surface area (Å²) in [5, 5.41) is 13.4. The number of rotatable bonds is 6. The number of non-ortho nitro benzene ring substituents is 1.